The molecule has 0 bridgehead atoms. The zero-order valence-corrected chi connectivity index (χ0v) is 10.6. The van der Waals surface area contributed by atoms with Gasteiger partial charge in [-0.1, -0.05) is 6.07 Å². The van der Waals surface area contributed by atoms with E-state index in [0.29, 0.717) is 6.42 Å². The first kappa shape index (κ1) is 12.3. The highest BCUT2D eigenvalue weighted by molar-refractivity contribution is 7.10. The fourth-order valence-electron chi connectivity index (χ4n) is 1.68. The monoisotopic (exact) mass is 251 g/mol. The van der Waals surface area contributed by atoms with E-state index in [1.165, 1.54) is 0 Å². The van der Waals surface area contributed by atoms with Crippen LogP contribution in [0.15, 0.2) is 29.8 Å². The smallest absolute Gasteiger partial charge is 0.0896 e. The Kier molecular flexibility index (Phi) is 4.30. The van der Waals surface area contributed by atoms with Crippen LogP contribution in [0.3, 0.4) is 0 Å². The van der Waals surface area contributed by atoms with E-state index >= 15 is 0 Å². The first-order valence-corrected chi connectivity index (χ1v) is 6.57. The van der Waals surface area contributed by atoms with Gasteiger partial charge in [0.05, 0.1) is 6.10 Å². The predicted molar refractivity (Wildman–Crippen MR) is 68.8 cm³/mol. The third-order valence-electron chi connectivity index (χ3n) is 2.65. The van der Waals surface area contributed by atoms with Crippen LogP contribution in [0, 0.1) is 0 Å². The summed E-state index contributed by atoms with van der Waals surface area (Å²) >= 11 is 1.59. The normalized spacial score (nSPS) is 14.7. The summed E-state index contributed by atoms with van der Waals surface area (Å²) < 4.78 is 0. The number of hydrogen-bond donors (Lipinski definition) is 3. The van der Waals surface area contributed by atoms with Crippen molar-refractivity contribution < 1.29 is 5.11 Å². The quantitative estimate of drug-likeness (QED) is 0.736. The summed E-state index contributed by atoms with van der Waals surface area (Å²) in [6.07, 6.45) is 2.08. The number of nitrogens with one attached hydrogen (secondary N) is 2. The number of nitrogens with zero attached hydrogens (tertiary/aromatic N) is 1. The fraction of sp³-hybridized carbons (Fsp3) is 0.417. The van der Waals surface area contributed by atoms with Crippen molar-refractivity contribution in [2.45, 2.75) is 32.0 Å². The minimum Gasteiger partial charge on any atom is -0.388 e. The van der Waals surface area contributed by atoms with Crippen molar-refractivity contribution >= 4 is 11.3 Å². The Morgan fingerprint density at radius 1 is 1.53 bits per heavy atom. The molecule has 2 aromatic rings. The molecule has 0 amide bonds. The van der Waals surface area contributed by atoms with Gasteiger partial charge in [0, 0.05) is 29.4 Å². The minimum atomic E-state index is -0.376. The van der Waals surface area contributed by atoms with Crippen LogP contribution < -0.4 is 5.32 Å². The first-order chi connectivity index (χ1) is 8.25. The maximum Gasteiger partial charge on any atom is 0.0896 e. The van der Waals surface area contributed by atoms with Crippen molar-refractivity contribution in [1.29, 1.82) is 0 Å². The predicted octanol–water partition coefficient (Wildman–Crippen LogP) is 2.07. The molecule has 2 aromatic heterocycles. The summed E-state index contributed by atoms with van der Waals surface area (Å²) in [5.74, 6) is 0. The number of H-pyrrole nitrogens is 1. The molecule has 17 heavy (non-hydrogen) atoms. The maximum absolute atomic E-state index is 9.99. The summed E-state index contributed by atoms with van der Waals surface area (Å²) in [5.41, 5.74) is 1.06. The Morgan fingerprint density at radius 3 is 3.06 bits per heavy atom. The van der Waals surface area contributed by atoms with Crippen LogP contribution in [0.5, 0.6) is 0 Å². The lowest BCUT2D eigenvalue weighted by atomic mass is 10.1. The molecule has 0 spiro atoms. The van der Waals surface area contributed by atoms with Crippen LogP contribution in [-0.4, -0.2) is 21.3 Å². The summed E-state index contributed by atoms with van der Waals surface area (Å²) in [6, 6.07) is 6.13. The van der Waals surface area contributed by atoms with Gasteiger partial charge in [0.25, 0.3) is 0 Å². The van der Waals surface area contributed by atoms with Crippen LogP contribution in [0.25, 0.3) is 0 Å². The average Bonchev–Trinajstić information content (AvgIpc) is 2.99. The number of aromatic amines is 1. The van der Waals surface area contributed by atoms with Gasteiger partial charge in [0.2, 0.25) is 0 Å². The number of aliphatic hydroxyl groups is 1. The number of rotatable bonds is 6. The molecule has 92 valence electrons. The van der Waals surface area contributed by atoms with Crippen LogP contribution in [0.2, 0.25) is 0 Å². The molecular weight excluding hydrogens is 234 g/mol. The molecule has 0 aliphatic carbocycles. The number of aromatic nitrogens is 2. The molecule has 0 saturated heterocycles. The molecule has 0 aromatic carbocycles. The highest BCUT2D eigenvalue weighted by atomic mass is 32.1. The van der Waals surface area contributed by atoms with E-state index < -0.39 is 0 Å². The van der Waals surface area contributed by atoms with E-state index in [1.54, 1.807) is 17.5 Å². The third-order valence-corrected chi connectivity index (χ3v) is 3.62. The molecule has 0 fully saturated rings. The van der Waals surface area contributed by atoms with Crippen LogP contribution in [0.4, 0.5) is 0 Å². The zero-order chi connectivity index (χ0) is 12.1. The van der Waals surface area contributed by atoms with Crippen LogP contribution >= 0.6 is 11.3 Å². The van der Waals surface area contributed by atoms with Gasteiger partial charge in [-0.2, -0.15) is 5.10 Å². The Labute approximate surface area is 105 Å². The molecule has 2 atom stereocenters. The molecule has 3 N–H and O–H groups in total. The van der Waals surface area contributed by atoms with Crippen molar-refractivity contribution in [2.24, 2.45) is 0 Å². The molecule has 2 rings (SSSR count). The zero-order valence-electron chi connectivity index (χ0n) is 9.76. The highest BCUT2D eigenvalue weighted by Crippen LogP contribution is 2.22. The number of hydrogen-bond acceptors (Lipinski definition) is 4. The van der Waals surface area contributed by atoms with E-state index in [9.17, 15) is 5.11 Å². The van der Waals surface area contributed by atoms with Gasteiger partial charge in [-0.05, 0) is 30.9 Å². The Balaban J connectivity index is 1.75. The third kappa shape index (κ3) is 3.66. The van der Waals surface area contributed by atoms with Crippen molar-refractivity contribution in [3.05, 3.63) is 40.3 Å². The van der Waals surface area contributed by atoms with Crippen molar-refractivity contribution in [3.63, 3.8) is 0 Å². The van der Waals surface area contributed by atoms with Gasteiger partial charge in [-0.3, -0.25) is 5.10 Å². The molecule has 0 aliphatic heterocycles. The number of aliphatic hydroxyl groups excluding tert-OH is 1. The van der Waals surface area contributed by atoms with Crippen molar-refractivity contribution in [3.8, 4) is 0 Å². The standard InChI is InChI=1S/C12H17N3OS/c1-9(13-8-10-4-5-14-15-10)7-11(16)12-3-2-6-17-12/h2-6,9,11,13,16H,7-8H2,1H3,(H,14,15). The molecule has 0 saturated carbocycles. The molecule has 0 aliphatic rings. The van der Waals surface area contributed by atoms with E-state index in [1.807, 2.05) is 23.6 Å². The first-order valence-electron chi connectivity index (χ1n) is 5.69. The van der Waals surface area contributed by atoms with E-state index in [4.69, 9.17) is 0 Å². The molecule has 5 heteroatoms. The maximum atomic E-state index is 9.99. The average molecular weight is 251 g/mol. The van der Waals surface area contributed by atoms with Gasteiger partial charge in [-0.15, -0.1) is 11.3 Å². The van der Waals surface area contributed by atoms with Crippen LogP contribution in [-0.2, 0) is 6.54 Å². The lowest BCUT2D eigenvalue weighted by Gasteiger charge is -2.16. The van der Waals surface area contributed by atoms with Crippen LogP contribution in [0.1, 0.15) is 30.0 Å². The van der Waals surface area contributed by atoms with E-state index in [0.717, 1.165) is 17.1 Å². The molecule has 4 nitrogen and oxygen atoms in total. The lowest BCUT2D eigenvalue weighted by Crippen LogP contribution is -2.27. The summed E-state index contributed by atoms with van der Waals surface area (Å²) in [5, 5.41) is 22.1. The second-order valence-electron chi connectivity index (χ2n) is 4.13. The van der Waals surface area contributed by atoms with Gasteiger partial charge in [-0.25, -0.2) is 0 Å². The topological polar surface area (TPSA) is 60.9 Å². The van der Waals surface area contributed by atoms with Gasteiger partial charge >= 0.3 is 0 Å². The second kappa shape index (κ2) is 5.95. The largest absolute Gasteiger partial charge is 0.388 e. The molecular formula is C12H17N3OS. The Bertz CT molecular complexity index is 413. The second-order valence-corrected chi connectivity index (χ2v) is 5.11. The van der Waals surface area contributed by atoms with Gasteiger partial charge < -0.3 is 10.4 Å². The van der Waals surface area contributed by atoms with Gasteiger partial charge in [0.15, 0.2) is 0 Å². The Morgan fingerprint density at radius 2 is 2.41 bits per heavy atom. The lowest BCUT2D eigenvalue weighted by molar-refractivity contribution is 0.157. The van der Waals surface area contributed by atoms with Crippen molar-refractivity contribution in [2.75, 3.05) is 0 Å². The van der Waals surface area contributed by atoms with Crippen molar-refractivity contribution in [1.82, 2.24) is 15.5 Å². The Hall–Kier alpha value is -1.17. The van der Waals surface area contributed by atoms with Gasteiger partial charge in [0.1, 0.15) is 0 Å². The summed E-state index contributed by atoms with van der Waals surface area (Å²) in [7, 11) is 0. The minimum absolute atomic E-state index is 0.260. The molecule has 2 unspecified atom stereocenters. The number of thiophene rings is 1. The summed E-state index contributed by atoms with van der Waals surface area (Å²) in [6.45, 7) is 2.82. The molecule has 2 heterocycles. The summed E-state index contributed by atoms with van der Waals surface area (Å²) in [4.78, 5) is 1.03. The fourth-order valence-corrected chi connectivity index (χ4v) is 2.41. The van der Waals surface area contributed by atoms with E-state index in [2.05, 4.69) is 22.4 Å². The SMILES string of the molecule is CC(CC(O)c1cccs1)NCc1ccn[nH]1. The molecule has 0 radical (unpaired) electrons. The van der Waals surface area contributed by atoms with E-state index in [-0.39, 0.29) is 12.1 Å². The highest BCUT2D eigenvalue weighted by Gasteiger charge is 2.12.